The quantitative estimate of drug-likeness (QED) is 0.656. The monoisotopic (exact) mass is 245 g/mol. The molecule has 0 fully saturated rings. The summed E-state index contributed by atoms with van der Waals surface area (Å²) in [5, 5.41) is 11.1. The molecule has 0 aliphatic heterocycles. The zero-order chi connectivity index (χ0) is 12.6. The first-order valence-electron chi connectivity index (χ1n) is 5.89. The summed E-state index contributed by atoms with van der Waals surface area (Å²) < 4.78 is 0. The summed E-state index contributed by atoms with van der Waals surface area (Å²) in [7, 11) is 0. The Morgan fingerprint density at radius 2 is 1.81 bits per heavy atom. The zero-order valence-electron chi connectivity index (χ0n) is 10.3. The van der Waals surface area contributed by atoms with Crippen molar-refractivity contribution < 1.29 is 14.7 Å². The summed E-state index contributed by atoms with van der Waals surface area (Å²) >= 11 is 1.34. The highest BCUT2D eigenvalue weighted by Crippen LogP contribution is 2.24. The van der Waals surface area contributed by atoms with E-state index in [2.05, 4.69) is 6.92 Å². The predicted octanol–water partition coefficient (Wildman–Crippen LogP) is 1.99. The molecular weight excluding hydrogens is 224 g/mol. The molecule has 0 aliphatic carbocycles. The molecule has 0 aromatic carbocycles. The highest BCUT2D eigenvalue weighted by molar-refractivity contribution is 8.14. The second-order valence-electron chi connectivity index (χ2n) is 4.02. The first-order chi connectivity index (χ1) is 7.51. The van der Waals surface area contributed by atoms with Gasteiger partial charge in [-0.15, -0.1) is 0 Å². The van der Waals surface area contributed by atoms with E-state index in [1.54, 1.807) is 6.92 Å². The van der Waals surface area contributed by atoms with Crippen LogP contribution in [-0.2, 0) is 9.59 Å². The maximum absolute atomic E-state index is 11.0. The molecule has 0 bridgehead atoms. The van der Waals surface area contributed by atoms with Crippen LogP contribution in [-0.4, -0.2) is 16.3 Å². The number of hydrogen-bond donors (Lipinski definition) is 0. The Hall–Kier alpha value is -0.510. The van der Waals surface area contributed by atoms with Crippen LogP contribution in [0.3, 0.4) is 0 Å². The van der Waals surface area contributed by atoms with E-state index < -0.39 is 5.97 Å². The molecule has 0 heterocycles. The van der Waals surface area contributed by atoms with Gasteiger partial charge in [-0.2, -0.15) is 0 Å². The van der Waals surface area contributed by atoms with E-state index in [0.29, 0.717) is 12.8 Å². The number of carboxylic acids is 1. The van der Waals surface area contributed by atoms with E-state index in [1.165, 1.54) is 11.8 Å². The van der Waals surface area contributed by atoms with E-state index >= 15 is 0 Å². The topological polar surface area (TPSA) is 57.2 Å². The minimum Gasteiger partial charge on any atom is -0.550 e. The molecular formula is C12H21O3S-. The van der Waals surface area contributed by atoms with Crippen molar-refractivity contribution in [3.8, 4) is 0 Å². The van der Waals surface area contributed by atoms with Crippen LogP contribution in [0.5, 0.6) is 0 Å². The van der Waals surface area contributed by atoms with Gasteiger partial charge in [0.15, 0.2) is 5.12 Å². The van der Waals surface area contributed by atoms with Crippen LogP contribution in [0.25, 0.3) is 0 Å². The van der Waals surface area contributed by atoms with Gasteiger partial charge in [0.05, 0.1) is 0 Å². The fraction of sp³-hybridized carbons (Fsp3) is 0.833. The van der Waals surface area contributed by atoms with E-state index in [1.807, 2.05) is 6.92 Å². The summed E-state index contributed by atoms with van der Waals surface area (Å²) in [6.07, 6.45) is 3.99. The second-order valence-corrected chi connectivity index (χ2v) is 5.50. The van der Waals surface area contributed by atoms with Gasteiger partial charge in [-0.1, -0.05) is 32.0 Å². The lowest BCUT2D eigenvalue weighted by Gasteiger charge is -2.19. The molecule has 94 valence electrons. The number of hydrogen-bond acceptors (Lipinski definition) is 4. The van der Waals surface area contributed by atoms with Crippen LogP contribution < -0.4 is 5.11 Å². The standard InChI is InChI=1S/C12H22O3S/c1-4-6-11(16-9(3)13)8-7-10(5-2)12(14)15/h10-11H,4-8H2,1-3H3,(H,14,15)/p-1. The van der Waals surface area contributed by atoms with E-state index in [9.17, 15) is 14.7 Å². The van der Waals surface area contributed by atoms with Crippen molar-refractivity contribution in [3.05, 3.63) is 0 Å². The molecule has 0 radical (unpaired) electrons. The van der Waals surface area contributed by atoms with Crippen LogP contribution in [0.2, 0.25) is 0 Å². The number of carbonyl (C=O) groups is 2. The van der Waals surface area contributed by atoms with Gasteiger partial charge < -0.3 is 9.90 Å². The van der Waals surface area contributed by atoms with Gasteiger partial charge in [0, 0.05) is 18.1 Å². The Morgan fingerprint density at radius 3 is 2.19 bits per heavy atom. The molecule has 0 N–H and O–H groups in total. The lowest BCUT2D eigenvalue weighted by atomic mass is 9.98. The van der Waals surface area contributed by atoms with Gasteiger partial charge >= 0.3 is 0 Å². The molecule has 2 unspecified atom stereocenters. The SMILES string of the molecule is CCCC(CCC(CC)C(=O)[O-])SC(C)=O. The first kappa shape index (κ1) is 15.5. The Kier molecular flexibility index (Phi) is 8.35. The van der Waals surface area contributed by atoms with Crippen LogP contribution in [0, 0.1) is 5.92 Å². The molecule has 0 amide bonds. The fourth-order valence-electron chi connectivity index (χ4n) is 1.69. The van der Waals surface area contributed by atoms with Crippen molar-refractivity contribution in [2.24, 2.45) is 5.92 Å². The maximum Gasteiger partial charge on any atom is 0.186 e. The Bertz CT molecular complexity index is 228. The number of rotatable bonds is 8. The highest BCUT2D eigenvalue weighted by Gasteiger charge is 2.14. The Labute approximate surface area is 102 Å². The van der Waals surface area contributed by atoms with Gasteiger partial charge in [0.2, 0.25) is 0 Å². The van der Waals surface area contributed by atoms with Crippen molar-refractivity contribution in [2.75, 3.05) is 0 Å². The molecule has 0 aromatic rings. The summed E-state index contributed by atoms with van der Waals surface area (Å²) in [5.41, 5.74) is 0. The van der Waals surface area contributed by atoms with Gasteiger partial charge in [-0.25, -0.2) is 0 Å². The molecule has 3 nitrogen and oxygen atoms in total. The number of thioether (sulfide) groups is 1. The smallest absolute Gasteiger partial charge is 0.186 e. The molecule has 16 heavy (non-hydrogen) atoms. The third-order valence-corrected chi connectivity index (χ3v) is 3.74. The summed E-state index contributed by atoms with van der Waals surface area (Å²) in [6, 6.07) is 0. The number of carbonyl (C=O) groups excluding carboxylic acids is 2. The molecule has 0 saturated heterocycles. The molecule has 0 spiro atoms. The van der Waals surface area contributed by atoms with Crippen LogP contribution in [0.15, 0.2) is 0 Å². The molecule has 0 saturated carbocycles. The van der Waals surface area contributed by atoms with E-state index in [0.717, 1.165) is 19.3 Å². The van der Waals surface area contributed by atoms with Gasteiger partial charge in [-0.05, 0) is 31.6 Å². The first-order valence-corrected chi connectivity index (χ1v) is 6.77. The highest BCUT2D eigenvalue weighted by atomic mass is 32.2. The predicted molar refractivity (Wildman–Crippen MR) is 65.0 cm³/mol. The summed E-state index contributed by atoms with van der Waals surface area (Å²) in [4.78, 5) is 21.7. The van der Waals surface area contributed by atoms with Crippen molar-refractivity contribution in [3.63, 3.8) is 0 Å². The fourth-order valence-corrected chi connectivity index (χ4v) is 2.77. The van der Waals surface area contributed by atoms with Crippen LogP contribution in [0.4, 0.5) is 0 Å². The summed E-state index contributed by atoms with van der Waals surface area (Å²) in [5.74, 6) is -1.34. The molecule has 2 atom stereocenters. The van der Waals surface area contributed by atoms with Crippen molar-refractivity contribution in [2.45, 2.75) is 58.1 Å². The van der Waals surface area contributed by atoms with Crippen LogP contribution >= 0.6 is 11.8 Å². The Balaban J connectivity index is 4.08. The zero-order valence-corrected chi connectivity index (χ0v) is 11.1. The summed E-state index contributed by atoms with van der Waals surface area (Å²) in [6.45, 7) is 5.49. The molecule has 0 aliphatic rings. The van der Waals surface area contributed by atoms with Crippen LogP contribution in [0.1, 0.15) is 52.9 Å². The third kappa shape index (κ3) is 6.88. The van der Waals surface area contributed by atoms with Crippen molar-refractivity contribution >= 4 is 22.8 Å². The van der Waals surface area contributed by atoms with Gasteiger partial charge in [0.1, 0.15) is 0 Å². The minimum absolute atomic E-state index is 0.111. The Morgan fingerprint density at radius 1 is 1.19 bits per heavy atom. The lowest BCUT2D eigenvalue weighted by molar-refractivity contribution is -0.311. The van der Waals surface area contributed by atoms with Gasteiger partial charge in [-0.3, -0.25) is 4.79 Å². The minimum atomic E-state index is -0.967. The molecule has 4 heteroatoms. The largest absolute Gasteiger partial charge is 0.550 e. The average Bonchev–Trinajstić information content (AvgIpc) is 2.17. The van der Waals surface area contributed by atoms with Gasteiger partial charge in [0.25, 0.3) is 0 Å². The third-order valence-electron chi connectivity index (χ3n) is 2.61. The van der Waals surface area contributed by atoms with Crippen molar-refractivity contribution in [1.82, 2.24) is 0 Å². The second kappa shape index (κ2) is 8.62. The lowest BCUT2D eigenvalue weighted by Crippen LogP contribution is -2.31. The number of aliphatic carboxylic acids is 1. The molecule has 0 rings (SSSR count). The average molecular weight is 245 g/mol. The van der Waals surface area contributed by atoms with Crippen molar-refractivity contribution in [1.29, 1.82) is 0 Å². The normalized spacial score (nSPS) is 14.4. The number of carboxylic acid groups (broad SMARTS) is 1. The van der Waals surface area contributed by atoms with E-state index in [4.69, 9.17) is 0 Å². The molecule has 0 aromatic heterocycles. The maximum atomic E-state index is 11.0. The van der Waals surface area contributed by atoms with E-state index in [-0.39, 0.29) is 16.3 Å².